The fourth-order valence-corrected chi connectivity index (χ4v) is 1.91. The first-order valence-electron chi connectivity index (χ1n) is 6.22. The lowest BCUT2D eigenvalue weighted by Crippen LogP contribution is -2.17. The number of anilines is 1. The molecule has 0 heterocycles. The minimum Gasteiger partial charge on any atom is -0.406 e. The maximum absolute atomic E-state index is 13.6. The van der Waals surface area contributed by atoms with E-state index < -0.39 is 6.36 Å². The van der Waals surface area contributed by atoms with Crippen molar-refractivity contribution >= 4 is 5.69 Å². The molecule has 0 radical (unpaired) electrons. The second-order valence-corrected chi connectivity index (χ2v) is 4.46. The van der Waals surface area contributed by atoms with Gasteiger partial charge in [0, 0.05) is 11.3 Å². The van der Waals surface area contributed by atoms with Gasteiger partial charge in [0.25, 0.3) is 0 Å². The normalized spacial score (nSPS) is 12.8. The quantitative estimate of drug-likeness (QED) is 0.811. The highest BCUT2D eigenvalue weighted by Crippen LogP contribution is 2.26. The maximum atomic E-state index is 13.6. The van der Waals surface area contributed by atoms with Gasteiger partial charge < -0.3 is 10.1 Å². The third-order valence-corrected chi connectivity index (χ3v) is 2.84. The fraction of sp³-hybridized carbons (Fsp3) is 0.200. The Labute approximate surface area is 119 Å². The van der Waals surface area contributed by atoms with E-state index in [-0.39, 0.29) is 17.6 Å². The molecule has 0 aliphatic heterocycles. The van der Waals surface area contributed by atoms with E-state index in [0.717, 1.165) is 0 Å². The highest BCUT2D eigenvalue weighted by atomic mass is 19.4. The smallest absolute Gasteiger partial charge is 0.406 e. The average Bonchev–Trinajstić information content (AvgIpc) is 2.40. The van der Waals surface area contributed by atoms with Crippen LogP contribution in [0.25, 0.3) is 0 Å². The van der Waals surface area contributed by atoms with Crippen molar-refractivity contribution in [1.29, 1.82) is 0 Å². The number of benzene rings is 2. The molecule has 0 saturated carbocycles. The first kappa shape index (κ1) is 15.2. The van der Waals surface area contributed by atoms with Crippen LogP contribution in [-0.2, 0) is 0 Å². The summed E-state index contributed by atoms with van der Waals surface area (Å²) in [5.41, 5.74) is 1.05. The van der Waals surface area contributed by atoms with Gasteiger partial charge in [-0.1, -0.05) is 18.2 Å². The van der Waals surface area contributed by atoms with Crippen molar-refractivity contribution < 1.29 is 22.3 Å². The Morgan fingerprint density at radius 3 is 2.19 bits per heavy atom. The van der Waals surface area contributed by atoms with Crippen LogP contribution in [0.4, 0.5) is 23.2 Å². The monoisotopic (exact) mass is 299 g/mol. The number of nitrogens with one attached hydrogen (secondary N) is 1. The molecule has 0 fully saturated rings. The SMILES string of the molecule is CC(Nc1ccc(OC(F)(F)F)cc1)c1ccccc1F. The number of ether oxygens (including phenoxy) is 1. The fourth-order valence-electron chi connectivity index (χ4n) is 1.91. The molecule has 6 heteroatoms. The van der Waals surface area contributed by atoms with Crippen LogP contribution in [0.3, 0.4) is 0 Å². The average molecular weight is 299 g/mol. The van der Waals surface area contributed by atoms with E-state index in [1.165, 1.54) is 30.3 Å². The van der Waals surface area contributed by atoms with Crippen LogP contribution < -0.4 is 10.1 Å². The molecular weight excluding hydrogens is 286 g/mol. The van der Waals surface area contributed by atoms with Crippen LogP contribution in [0.15, 0.2) is 48.5 Å². The minimum atomic E-state index is -4.71. The van der Waals surface area contributed by atoms with Crippen molar-refractivity contribution in [3.8, 4) is 5.75 Å². The van der Waals surface area contributed by atoms with Crippen LogP contribution in [0.5, 0.6) is 5.75 Å². The van der Waals surface area contributed by atoms with Crippen molar-refractivity contribution in [2.45, 2.75) is 19.3 Å². The van der Waals surface area contributed by atoms with Crippen molar-refractivity contribution in [2.24, 2.45) is 0 Å². The molecule has 21 heavy (non-hydrogen) atoms. The van der Waals surface area contributed by atoms with Gasteiger partial charge in [-0.05, 0) is 37.3 Å². The summed E-state index contributed by atoms with van der Waals surface area (Å²) in [5, 5.41) is 3.01. The van der Waals surface area contributed by atoms with E-state index in [1.54, 1.807) is 25.1 Å². The van der Waals surface area contributed by atoms with Gasteiger partial charge in [-0.15, -0.1) is 13.2 Å². The van der Waals surface area contributed by atoms with E-state index in [2.05, 4.69) is 10.1 Å². The van der Waals surface area contributed by atoms with E-state index in [9.17, 15) is 17.6 Å². The van der Waals surface area contributed by atoms with Gasteiger partial charge in [0.2, 0.25) is 0 Å². The number of alkyl halides is 3. The molecule has 0 bridgehead atoms. The predicted molar refractivity (Wildman–Crippen MR) is 71.6 cm³/mol. The van der Waals surface area contributed by atoms with Crippen molar-refractivity contribution in [3.05, 3.63) is 59.9 Å². The molecule has 1 N–H and O–H groups in total. The minimum absolute atomic E-state index is 0.299. The summed E-state index contributed by atoms with van der Waals surface area (Å²) in [6, 6.07) is 11.3. The Morgan fingerprint density at radius 2 is 1.62 bits per heavy atom. The zero-order valence-electron chi connectivity index (χ0n) is 11.1. The highest BCUT2D eigenvalue weighted by molar-refractivity contribution is 5.48. The van der Waals surface area contributed by atoms with Crippen LogP contribution in [0.2, 0.25) is 0 Å². The lowest BCUT2D eigenvalue weighted by molar-refractivity contribution is -0.274. The summed E-state index contributed by atoms with van der Waals surface area (Å²) >= 11 is 0. The van der Waals surface area contributed by atoms with Crippen molar-refractivity contribution in [3.63, 3.8) is 0 Å². The maximum Gasteiger partial charge on any atom is 0.573 e. The Bertz CT molecular complexity index is 595. The van der Waals surface area contributed by atoms with Crippen LogP contribution in [0.1, 0.15) is 18.5 Å². The molecule has 2 aromatic carbocycles. The Kier molecular flexibility index (Phi) is 4.35. The second kappa shape index (κ2) is 6.03. The largest absolute Gasteiger partial charge is 0.573 e. The standard InChI is InChI=1S/C15H13F4NO/c1-10(13-4-2-3-5-14(13)16)20-11-6-8-12(9-7-11)21-15(17,18)19/h2-10,20H,1H3. The Balaban J connectivity index is 2.05. The molecule has 112 valence electrons. The molecule has 0 aliphatic rings. The first-order chi connectivity index (χ1) is 9.85. The van der Waals surface area contributed by atoms with Gasteiger partial charge >= 0.3 is 6.36 Å². The molecule has 0 amide bonds. The lowest BCUT2D eigenvalue weighted by atomic mass is 10.1. The molecule has 1 unspecified atom stereocenters. The highest BCUT2D eigenvalue weighted by Gasteiger charge is 2.30. The molecule has 0 aromatic heterocycles. The van der Waals surface area contributed by atoms with Gasteiger partial charge in [-0.3, -0.25) is 0 Å². The predicted octanol–water partition coefficient (Wildman–Crippen LogP) is 4.90. The van der Waals surface area contributed by atoms with Gasteiger partial charge in [0.15, 0.2) is 0 Å². The molecule has 0 aliphatic carbocycles. The summed E-state index contributed by atoms with van der Waals surface area (Å²) in [6.07, 6.45) is -4.71. The Morgan fingerprint density at radius 1 is 1.00 bits per heavy atom. The summed E-state index contributed by atoms with van der Waals surface area (Å²) < 4.78 is 53.5. The summed E-state index contributed by atoms with van der Waals surface area (Å²) in [4.78, 5) is 0. The summed E-state index contributed by atoms with van der Waals surface area (Å²) in [7, 11) is 0. The van der Waals surface area contributed by atoms with Crippen LogP contribution in [-0.4, -0.2) is 6.36 Å². The molecule has 0 spiro atoms. The number of hydrogen-bond donors (Lipinski definition) is 1. The number of rotatable bonds is 4. The second-order valence-electron chi connectivity index (χ2n) is 4.46. The molecular formula is C15H13F4NO. The van der Waals surface area contributed by atoms with Gasteiger partial charge in [-0.2, -0.15) is 0 Å². The third-order valence-electron chi connectivity index (χ3n) is 2.84. The number of halogens is 4. The van der Waals surface area contributed by atoms with E-state index in [4.69, 9.17) is 0 Å². The van der Waals surface area contributed by atoms with E-state index >= 15 is 0 Å². The lowest BCUT2D eigenvalue weighted by Gasteiger charge is -2.17. The molecule has 2 nitrogen and oxygen atoms in total. The molecule has 2 aromatic rings. The van der Waals surface area contributed by atoms with Gasteiger partial charge in [-0.25, -0.2) is 4.39 Å². The zero-order chi connectivity index (χ0) is 15.5. The molecule has 2 rings (SSSR count). The van der Waals surface area contributed by atoms with Crippen LogP contribution >= 0.6 is 0 Å². The third kappa shape index (κ3) is 4.37. The van der Waals surface area contributed by atoms with Crippen LogP contribution in [0, 0.1) is 5.82 Å². The molecule has 1 atom stereocenters. The topological polar surface area (TPSA) is 21.3 Å². The van der Waals surface area contributed by atoms with Crippen molar-refractivity contribution in [2.75, 3.05) is 5.32 Å². The summed E-state index contributed by atoms with van der Waals surface area (Å²) in [5.74, 6) is -0.638. The zero-order valence-corrected chi connectivity index (χ0v) is 11.1. The van der Waals surface area contributed by atoms with Gasteiger partial charge in [0.05, 0.1) is 6.04 Å². The van der Waals surface area contributed by atoms with Gasteiger partial charge in [0.1, 0.15) is 11.6 Å². The Hall–Kier alpha value is -2.24. The number of hydrogen-bond acceptors (Lipinski definition) is 2. The van der Waals surface area contributed by atoms with E-state index in [0.29, 0.717) is 11.3 Å². The van der Waals surface area contributed by atoms with Crippen molar-refractivity contribution in [1.82, 2.24) is 0 Å². The first-order valence-corrected chi connectivity index (χ1v) is 6.22. The summed E-state index contributed by atoms with van der Waals surface area (Å²) in [6.45, 7) is 1.76. The molecule has 0 saturated heterocycles. The van der Waals surface area contributed by atoms with E-state index in [1.807, 2.05) is 0 Å².